The Labute approximate surface area is 258 Å². The summed E-state index contributed by atoms with van der Waals surface area (Å²) in [7, 11) is 0. The van der Waals surface area contributed by atoms with E-state index in [1.165, 1.54) is 24.0 Å². The van der Waals surface area contributed by atoms with E-state index in [0.29, 0.717) is 37.0 Å². The first-order chi connectivity index (χ1) is 21.5. The van der Waals surface area contributed by atoms with Crippen molar-refractivity contribution in [2.75, 3.05) is 19.8 Å². The van der Waals surface area contributed by atoms with Crippen LogP contribution in [-0.4, -0.2) is 47.7 Å². The Kier molecular flexibility index (Phi) is 14.9. The summed E-state index contributed by atoms with van der Waals surface area (Å²) in [6.45, 7) is 8.13. The topological polar surface area (TPSA) is 114 Å². The molecule has 0 unspecified atom stereocenters. The molecule has 2 aromatic carbocycles. The smallest absolute Gasteiger partial charge is 0.343 e. The van der Waals surface area contributed by atoms with Crippen molar-refractivity contribution >= 4 is 17.9 Å². The van der Waals surface area contributed by atoms with Crippen molar-refractivity contribution in [1.82, 2.24) is 9.97 Å². The summed E-state index contributed by atoms with van der Waals surface area (Å²) >= 11 is 0. The molecule has 3 aromatic rings. The van der Waals surface area contributed by atoms with Crippen LogP contribution in [0.3, 0.4) is 0 Å². The number of hydrogen-bond donors (Lipinski definition) is 0. The van der Waals surface area contributed by atoms with Crippen LogP contribution < -0.4 is 9.47 Å². The summed E-state index contributed by atoms with van der Waals surface area (Å²) in [5, 5.41) is 0. The van der Waals surface area contributed by atoms with Crippen molar-refractivity contribution in [2.24, 2.45) is 0 Å². The molecular formula is C35H40N2O7. The summed E-state index contributed by atoms with van der Waals surface area (Å²) in [4.78, 5) is 43.3. The van der Waals surface area contributed by atoms with Gasteiger partial charge in [-0.3, -0.25) is 0 Å². The predicted octanol–water partition coefficient (Wildman–Crippen LogP) is 6.86. The molecule has 0 radical (unpaired) electrons. The van der Waals surface area contributed by atoms with Gasteiger partial charge in [-0.05, 0) is 74.8 Å². The first-order valence-electron chi connectivity index (χ1n) is 14.9. The van der Waals surface area contributed by atoms with Crippen LogP contribution in [0.15, 0.2) is 86.2 Å². The number of esters is 3. The van der Waals surface area contributed by atoms with Gasteiger partial charge < -0.3 is 18.9 Å². The van der Waals surface area contributed by atoms with E-state index in [0.717, 1.165) is 69.4 Å². The average Bonchev–Trinajstić information content (AvgIpc) is 3.06. The van der Waals surface area contributed by atoms with Crippen molar-refractivity contribution < 1.29 is 33.3 Å². The predicted molar refractivity (Wildman–Crippen MR) is 167 cm³/mol. The molecule has 0 bridgehead atoms. The fourth-order valence-electron chi connectivity index (χ4n) is 4.19. The average molecular weight is 601 g/mol. The van der Waals surface area contributed by atoms with Gasteiger partial charge in [0.2, 0.25) is 0 Å². The Bertz CT molecular complexity index is 1340. The van der Waals surface area contributed by atoms with E-state index in [-0.39, 0.29) is 11.7 Å². The van der Waals surface area contributed by atoms with Crippen LogP contribution >= 0.6 is 0 Å². The second kappa shape index (κ2) is 19.4. The molecule has 0 fully saturated rings. The Hall–Kier alpha value is -4.79. The minimum Gasteiger partial charge on any atom is -0.494 e. The third-order valence-electron chi connectivity index (χ3n) is 6.63. The first kappa shape index (κ1) is 33.7. The second-order valence-electron chi connectivity index (χ2n) is 10.0. The highest BCUT2D eigenvalue weighted by Crippen LogP contribution is 2.20. The lowest BCUT2D eigenvalue weighted by Gasteiger charge is -2.08. The summed E-state index contributed by atoms with van der Waals surface area (Å²) in [5.74, 6) is 0.196. The van der Waals surface area contributed by atoms with Gasteiger partial charge in [-0.15, -0.1) is 0 Å². The molecule has 9 nitrogen and oxygen atoms in total. The molecule has 0 aliphatic rings. The second-order valence-corrected chi connectivity index (χ2v) is 10.0. The number of unbranched alkanes of at least 4 members (excludes halogenated alkanes) is 6. The van der Waals surface area contributed by atoms with E-state index >= 15 is 0 Å². The van der Waals surface area contributed by atoms with Crippen LogP contribution in [-0.2, 0) is 25.5 Å². The van der Waals surface area contributed by atoms with Crippen LogP contribution in [0.25, 0.3) is 11.4 Å². The fourth-order valence-corrected chi connectivity index (χ4v) is 4.19. The Balaban J connectivity index is 1.34. The molecule has 0 saturated carbocycles. The highest BCUT2D eigenvalue weighted by Gasteiger charge is 2.11. The molecule has 0 aliphatic carbocycles. The number of rotatable bonds is 20. The van der Waals surface area contributed by atoms with Crippen molar-refractivity contribution in [2.45, 2.75) is 57.8 Å². The van der Waals surface area contributed by atoms with E-state index in [2.05, 4.69) is 35.3 Å². The van der Waals surface area contributed by atoms with Gasteiger partial charge in [0, 0.05) is 17.7 Å². The lowest BCUT2D eigenvalue weighted by molar-refractivity contribution is -0.138. The van der Waals surface area contributed by atoms with Crippen LogP contribution in [0.4, 0.5) is 0 Å². The van der Waals surface area contributed by atoms with Crippen LogP contribution in [0.1, 0.15) is 67.3 Å². The molecule has 0 saturated heterocycles. The first-order valence-corrected chi connectivity index (χ1v) is 14.9. The monoisotopic (exact) mass is 600 g/mol. The molecule has 1 heterocycles. The van der Waals surface area contributed by atoms with Crippen LogP contribution in [0.2, 0.25) is 0 Å². The number of carbonyl (C=O) groups excluding carboxylic acids is 3. The summed E-state index contributed by atoms with van der Waals surface area (Å²) in [6, 6.07) is 14.9. The Morgan fingerprint density at radius 2 is 1.18 bits per heavy atom. The van der Waals surface area contributed by atoms with Crippen LogP contribution in [0.5, 0.6) is 11.5 Å². The molecule has 232 valence electrons. The maximum atomic E-state index is 12.6. The Morgan fingerprint density at radius 3 is 1.75 bits per heavy atom. The Morgan fingerprint density at radius 1 is 0.636 bits per heavy atom. The zero-order valence-corrected chi connectivity index (χ0v) is 25.1. The molecule has 0 amide bonds. The number of nitrogens with zero attached hydrogens (tertiary/aromatic N) is 2. The van der Waals surface area contributed by atoms with Gasteiger partial charge in [-0.1, -0.05) is 50.3 Å². The molecule has 1 aromatic heterocycles. The van der Waals surface area contributed by atoms with Crippen molar-refractivity contribution in [3.05, 3.63) is 97.4 Å². The van der Waals surface area contributed by atoms with Crippen molar-refractivity contribution in [3.8, 4) is 22.9 Å². The summed E-state index contributed by atoms with van der Waals surface area (Å²) < 4.78 is 21.1. The minimum atomic E-state index is -0.507. The molecule has 0 atom stereocenters. The van der Waals surface area contributed by atoms with Crippen LogP contribution in [0, 0.1) is 0 Å². The quantitative estimate of drug-likeness (QED) is 0.0779. The standard InChI is InChI=1S/C35H40N2O7/c1-3-32(38)42-23-11-6-5-9-13-27-14-16-28(17-15-27)34-36-25-31(26-37-34)44-35(40)29-18-20-30(21-19-29)41-22-10-7-8-12-24-43-33(39)4-2/h3-4,14-21,25-26H,1-2,5-13,22-24H2. The van der Waals surface area contributed by atoms with Gasteiger partial charge in [0.15, 0.2) is 11.6 Å². The lowest BCUT2D eigenvalue weighted by Crippen LogP contribution is -2.09. The summed E-state index contributed by atoms with van der Waals surface area (Å²) in [6.07, 6.45) is 13.8. The molecule has 3 rings (SSSR count). The van der Waals surface area contributed by atoms with E-state index in [4.69, 9.17) is 18.9 Å². The molecule has 0 N–H and O–H groups in total. The maximum absolute atomic E-state index is 12.6. The highest BCUT2D eigenvalue weighted by molar-refractivity contribution is 5.91. The number of aryl methyl sites for hydroxylation is 1. The van der Waals surface area contributed by atoms with E-state index < -0.39 is 11.9 Å². The molecule has 0 spiro atoms. The van der Waals surface area contributed by atoms with Crippen molar-refractivity contribution in [3.63, 3.8) is 0 Å². The van der Waals surface area contributed by atoms with Crippen molar-refractivity contribution in [1.29, 1.82) is 0 Å². The largest absolute Gasteiger partial charge is 0.494 e. The third-order valence-corrected chi connectivity index (χ3v) is 6.63. The minimum absolute atomic E-state index is 0.259. The fraction of sp³-hybridized carbons (Fsp3) is 0.343. The van der Waals surface area contributed by atoms with Gasteiger partial charge in [-0.25, -0.2) is 24.4 Å². The van der Waals surface area contributed by atoms with Gasteiger partial charge >= 0.3 is 17.9 Å². The van der Waals surface area contributed by atoms with E-state index in [1.807, 2.05) is 12.1 Å². The number of ether oxygens (including phenoxy) is 4. The van der Waals surface area contributed by atoms with E-state index in [9.17, 15) is 14.4 Å². The van der Waals surface area contributed by atoms with Gasteiger partial charge in [0.05, 0.1) is 37.8 Å². The lowest BCUT2D eigenvalue weighted by atomic mass is 10.0. The van der Waals surface area contributed by atoms with Gasteiger partial charge in [-0.2, -0.15) is 0 Å². The maximum Gasteiger partial charge on any atom is 0.343 e. The zero-order valence-electron chi connectivity index (χ0n) is 25.1. The number of aromatic nitrogens is 2. The summed E-state index contributed by atoms with van der Waals surface area (Å²) in [5.41, 5.74) is 2.50. The van der Waals surface area contributed by atoms with Gasteiger partial charge in [0.1, 0.15) is 5.75 Å². The number of hydrogen-bond acceptors (Lipinski definition) is 9. The normalized spacial score (nSPS) is 10.5. The van der Waals surface area contributed by atoms with E-state index in [1.54, 1.807) is 24.3 Å². The zero-order chi connectivity index (χ0) is 31.4. The third kappa shape index (κ3) is 12.6. The highest BCUT2D eigenvalue weighted by atomic mass is 16.5. The molecule has 9 heteroatoms. The molecular weight excluding hydrogens is 560 g/mol. The molecule has 0 aliphatic heterocycles. The number of carbonyl (C=O) groups is 3. The van der Waals surface area contributed by atoms with Gasteiger partial charge in [0.25, 0.3) is 0 Å². The number of benzene rings is 2. The molecule has 44 heavy (non-hydrogen) atoms. The SMILES string of the molecule is C=CC(=O)OCCCCCCOc1ccc(C(=O)Oc2cnc(-c3ccc(CCCCCCOC(=O)C=C)cc3)nc2)cc1.